The zero-order valence-corrected chi connectivity index (χ0v) is 30.6. The van der Waals surface area contributed by atoms with Crippen LogP contribution < -0.4 is 15.9 Å². The highest BCUT2D eigenvalue weighted by atomic mass is 31.2. The lowest BCUT2D eigenvalue weighted by Gasteiger charge is -2.23. The maximum absolute atomic E-state index is 16.7. The molecule has 0 atom stereocenters. The Bertz CT molecular complexity index is 3530. The molecule has 0 bridgehead atoms. The van der Waals surface area contributed by atoms with E-state index in [9.17, 15) is 0 Å². The molecule has 0 saturated heterocycles. The predicted molar refractivity (Wildman–Crippen MR) is 236 cm³/mol. The third-order valence-corrected chi connectivity index (χ3v) is 14.9. The van der Waals surface area contributed by atoms with Crippen LogP contribution in [-0.4, -0.2) is 0 Å². The molecule has 256 valence electrons. The summed E-state index contributed by atoms with van der Waals surface area (Å²) in [4.78, 5) is 0. The number of furan rings is 1. The minimum absolute atomic E-state index is 0.813. The Morgan fingerprint density at radius 3 is 1.27 bits per heavy atom. The largest absolute Gasteiger partial charge is 0.456 e. The van der Waals surface area contributed by atoms with E-state index in [1.165, 1.54) is 21.5 Å². The van der Waals surface area contributed by atoms with Gasteiger partial charge in [0.15, 0.2) is 7.14 Å². The van der Waals surface area contributed by atoms with Crippen molar-refractivity contribution in [1.82, 2.24) is 0 Å². The highest BCUT2D eigenvalue weighted by Gasteiger charge is 2.31. The van der Waals surface area contributed by atoms with Crippen LogP contribution in [0.4, 0.5) is 0 Å². The Labute approximate surface area is 316 Å². The number of hydrogen-bond donors (Lipinski definition) is 0. The molecule has 2 nitrogen and oxygen atoms in total. The van der Waals surface area contributed by atoms with Crippen LogP contribution in [0.15, 0.2) is 192 Å². The summed E-state index contributed by atoms with van der Waals surface area (Å²) in [7, 11) is -3.46. The Hall–Kier alpha value is -6.73. The molecular formula is C52H31O2P. The van der Waals surface area contributed by atoms with Gasteiger partial charge in [-0.3, -0.25) is 0 Å². The second-order valence-corrected chi connectivity index (χ2v) is 17.5. The van der Waals surface area contributed by atoms with Crippen LogP contribution in [0, 0.1) is 0 Å². The Kier molecular flexibility index (Phi) is 6.36. The van der Waals surface area contributed by atoms with Crippen molar-refractivity contribution in [3.8, 4) is 0 Å². The Morgan fingerprint density at radius 2 is 0.673 bits per heavy atom. The summed E-state index contributed by atoms with van der Waals surface area (Å²) in [6, 6.07) is 66.3. The smallest absolute Gasteiger partial charge is 0.171 e. The van der Waals surface area contributed by atoms with Crippen molar-refractivity contribution in [2.24, 2.45) is 0 Å². The monoisotopic (exact) mass is 718 g/mol. The van der Waals surface area contributed by atoms with Crippen LogP contribution in [0.5, 0.6) is 0 Å². The van der Waals surface area contributed by atoms with Gasteiger partial charge in [0.05, 0.1) is 0 Å². The third-order valence-electron chi connectivity index (χ3n) is 11.9. The fourth-order valence-corrected chi connectivity index (χ4v) is 11.9. The molecule has 55 heavy (non-hydrogen) atoms. The first kappa shape index (κ1) is 30.7. The fraction of sp³-hybridized carbons (Fsp3) is 0. The van der Waals surface area contributed by atoms with Gasteiger partial charge >= 0.3 is 0 Å². The van der Waals surface area contributed by atoms with Crippen LogP contribution in [0.3, 0.4) is 0 Å². The maximum Gasteiger partial charge on any atom is 0.171 e. The average molecular weight is 719 g/mol. The Balaban J connectivity index is 1.18. The summed E-state index contributed by atoms with van der Waals surface area (Å²) in [6.45, 7) is 0. The van der Waals surface area contributed by atoms with Gasteiger partial charge in [0.1, 0.15) is 11.2 Å². The molecule has 0 N–H and O–H groups in total. The first-order valence-corrected chi connectivity index (χ1v) is 20.5. The van der Waals surface area contributed by atoms with Crippen LogP contribution in [0.2, 0.25) is 0 Å². The van der Waals surface area contributed by atoms with Crippen molar-refractivity contribution in [3.63, 3.8) is 0 Å². The van der Waals surface area contributed by atoms with Crippen LogP contribution in [0.25, 0.3) is 97.3 Å². The summed E-state index contributed by atoms with van der Waals surface area (Å²) in [5, 5.41) is 20.6. The zero-order valence-electron chi connectivity index (χ0n) is 29.7. The predicted octanol–water partition coefficient (Wildman–Crippen LogP) is 13.3. The molecule has 11 aromatic carbocycles. The van der Waals surface area contributed by atoms with E-state index in [4.69, 9.17) is 4.42 Å². The molecule has 0 aliphatic heterocycles. The lowest BCUT2D eigenvalue weighted by atomic mass is 9.93. The minimum atomic E-state index is -3.46. The van der Waals surface area contributed by atoms with Crippen molar-refractivity contribution >= 4 is 120 Å². The van der Waals surface area contributed by atoms with Gasteiger partial charge in [-0.2, -0.15) is 0 Å². The molecule has 0 radical (unpaired) electrons. The lowest BCUT2D eigenvalue weighted by molar-refractivity contribution is 0.592. The number of rotatable bonds is 3. The molecule has 0 saturated carbocycles. The van der Waals surface area contributed by atoms with Gasteiger partial charge < -0.3 is 8.98 Å². The van der Waals surface area contributed by atoms with Gasteiger partial charge in [-0.1, -0.05) is 152 Å². The van der Waals surface area contributed by atoms with E-state index < -0.39 is 7.14 Å². The van der Waals surface area contributed by atoms with Crippen LogP contribution >= 0.6 is 7.14 Å². The van der Waals surface area contributed by atoms with Crippen molar-refractivity contribution in [2.75, 3.05) is 0 Å². The van der Waals surface area contributed by atoms with E-state index in [2.05, 4.69) is 176 Å². The molecule has 12 rings (SSSR count). The zero-order chi connectivity index (χ0) is 36.3. The van der Waals surface area contributed by atoms with Crippen molar-refractivity contribution in [2.45, 2.75) is 0 Å². The summed E-state index contributed by atoms with van der Waals surface area (Å²) in [5.74, 6) is 0. The van der Waals surface area contributed by atoms with E-state index >= 15 is 4.57 Å². The summed E-state index contributed by atoms with van der Waals surface area (Å²) in [5.41, 5.74) is 1.75. The van der Waals surface area contributed by atoms with E-state index in [1.54, 1.807) is 0 Å². The molecule has 1 aromatic heterocycles. The lowest BCUT2D eigenvalue weighted by Crippen LogP contribution is -2.25. The first-order valence-electron chi connectivity index (χ1n) is 18.8. The molecule has 0 unspecified atom stereocenters. The number of hydrogen-bond acceptors (Lipinski definition) is 2. The summed E-state index contributed by atoms with van der Waals surface area (Å²) in [6.07, 6.45) is 0. The number of fused-ring (bicyclic) bond motifs is 15. The van der Waals surface area contributed by atoms with Gasteiger partial charge in [0, 0.05) is 26.7 Å². The maximum atomic E-state index is 16.7. The molecule has 0 fully saturated rings. The van der Waals surface area contributed by atoms with E-state index in [-0.39, 0.29) is 0 Å². The van der Waals surface area contributed by atoms with Gasteiger partial charge in [0.2, 0.25) is 0 Å². The van der Waals surface area contributed by atoms with Crippen molar-refractivity contribution < 1.29 is 8.98 Å². The summed E-state index contributed by atoms with van der Waals surface area (Å²) < 4.78 is 23.1. The van der Waals surface area contributed by atoms with E-state index in [1.807, 2.05) is 12.1 Å². The quantitative estimate of drug-likeness (QED) is 0.134. The highest BCUT2D eigenvalue weighted by molar-refractivity contribution is 7.85. The van der Waals surface area contributed by atoms with Crippen molar-refractivity contribution in [1.29, 1.82) is 0 Å². The highest BCUT2D eigenvalue weighted by Crippen LogP contribution is 2.47. The molecular weight excluding hydrogens is 688 g/mol. The third kappa shape index (κ3) is 4.41. The summed E-state index contributed by atoms with van der Waals surface area (Å²) >= 11 is 0. The SMILES string of the molecule is O=P(c1ccc2ccc3ccccc3c2c1)(c1ccc2ccc3ccccc3c2c1)c1ccc2c(c1)c1ccccc1c1cc3c(cc21)oc1ccccc13. The van der Waals surface area contributed by atoms with Gasteiger partial charge in [0.25, 0.3) is 0 Å². The standard InChI is InChI=1S/C52H31O2P/c53-55(36-23-21-34-19-17-32-9-1-3-11-39(32)45(34)27-36,37-24-22-35-20-18-33-10-2-4-12-40(33)46(35)28-37)38-25-26-43-47(29-38)41-13-5-6-14-42(41)48-30-50-44-15-7-8-16-51(44)54-52(50)31-49(43)48/h1-31H. The molecule has 0 amide bonds. The van der Waals surface area contributed by atoms with E-state index in [0.29, 0.717) is 0 Å². The molecule has 0 aliphatic rings. The first-order chi connectivity index (χ1) is 27.1. The average Bonchev–Trinajstić information content (AvgIpc) is 3.62. The number of para-hydroxylation sites is 1. The van der Waals surface area contributed by atoms with Crippen molar-refractivity contribution in [3.05, 3.63) is 188 Å². The normalized spacial score (nSPS) is 12.4. The number of benzene rings is 11. The van der Waals surface area contributed by atoms with Crippen LogP contribution in [0.1, 0.15) is 0 Å². The van der Waals surface area contributed by atoms with E-state index in [0.717, 1.165) is 91.7 Å². The fourth-order valence-electron chi connectivity index (χ4n) is 9.17. The van der Waals surface area contributed by atoms with Gasteiger partial charge in [-0.25, -0.2) is 0 Å². The second kappa shape index (κ2) is 11.4. The Morgan fingerprint density at radius 1 is 0.273 bits per heavy atom. The molecule has 1 heterocycles. The topological polar surface area (TPSA) is 30.2 Å². The van der Waals surface area contributed by atoms with Gasteiger partial charge in [-0.15, -0.1) is 0 Å². The molecule has 0 spiro atoms. The van der Waals surface area contributed by atoms with Crippen LogP contribution in [-0.2, 0) is 4.57 Å². The van der Waals surface area contributed by atoms with Gasteiger partial charge in [-0.05, 0) is 112 Å². The second-order valence-electron chi connectivity index (χ2n) is 14.8. The molecule has 12 aromatic rings. The molecule has 0 aliphatic carbocycles. The molecule has 3 heteroatoms. The minimum Gasteiger partial charge on any atom is -0.456 e.